The molecule has 2 rings (SSSR count). The van der Waals surface area contributed by atoms with Crippen LogP contribution in [0, 0.1) is 0 Å². The molecule has 2 N–H and O–H groups in total. The largest absolute Gasteiger partial charge is 0.480 e. The second-order valence-electron chi connectivity index (χ2n) is 5.43. The zero-order valence-electron chi connectivity index (χ0n) is 13.3. The summed E-state index contributed by atoms with van der Waals surface area (Å²) in [5.41, 5.74) is 1.15. The lowest BCUT2D eigenvalue weighted by atomic mass is 10.2. The molecule has 126 valence electrons. The molecular weight excluding hydrogens is 314 g/mol. The molecule has 0 aromatic heterocycles. The minimum Gasteiger partial charge on any atom is -0.480 e. The fourth-order valence-corrected chi connectivity index (χ4v) is 3.01. The van der Waals surface area contributed by atoms with E-state index in [0.29, 0.717) is 25.3 Å². The second kappa shape index (κ2) is 8.67. The molecule has 1 aliphatic rings. The van der Waals surface area contributed by atoms with Crippen LogP contribution in [0.3, 0.4) is 0 Å². The van der Waals surface area contributed by atoms with Gasteiger partial charge in [-0.1, -0.05) is 18.2 Å². The maximum absolute atomic E-state index is 12.2. The first-order valence-electron chi connectivity index (χ1n) is 7.69. The first-order valence-corrected chi connectivity index (χ1v) is 9.08. The minimum atomic E-state index is -0.977. The highest BCUT2D eigenvalue weighted by Crippen LogP contribution is 2.15. The van der Waals surface area contributed by atoms with Gasteiger partial charge >= 0.3 is 12.0 Å². The molecule has 1 fully saturated rings. The molecule has 7 heteroatoms. The Labute approximate surface area is 140 Å². The first kappa shape index (κ1) is 17.5. The van der Waals surface area contributed by atoms with Crippen molar-refractivity contribution in [2.45, 2.75) is 12.5 Å². The van der Waals surface area contributed by atoms with Crippen molar-refractivity contribution >= 4 is 29.4 Å². The molecule has 1 heterocycles. The number of nitrogens with zero attached hydrogens (tertiary/aromatic N) is 2. The SMILES string of the molecule is CSCCC(NC(=O)N1CCN(c2ccccc2)CC1)C(=O)O. The molecular formula is C16H23N3O3S. The van der Waals surface area contributed by atoms with Crippen molar-refractivity contribution in [2.75, 3.05) is 43.1 Å². The molecule has 6 nitrogen and oxygen atoms in total. The molecule has 1 aromatic rings. The van der Waals surface area contributed by atoms with Gasteiger partial charge in [-0.25, -0.2) is 9.59 Å². The lowest BCUT2D eigenvalue weighted by Crippen LogP contribution is -2.54. The number of amides is 2. The van der Waals surface area contributed by atoms with Crippen molar-refractivity contribution in [3.63, 3.8) is 0 Å². The van der Waals surface area contributed by atoms with Gasteiger partial charge in [0.25, 0.3) is 0 Å². The van der Waals surface area contributed by atoms with Crippen LogP contribution in [0.25, 0.3) is 0 Å². The lowest BCUT2D eigenvalue weighted by molar-refractivity contribution is -0.139. The standard InChI is InChI=1S/C16H23N3O3S/c1-23-12-7-14(15(20)21)17-16(22)19-10-8-18(9-11-19)13-5-3-2-4-6-13/h2-6,14H,7-12H2,1H3,(H,17,22)(H,20,21). The summed E-state index contributed by atoms with van der Waals surface area (Å²) < 4.78 is 0. The van der Waals surface area contributed by atoms with E-state index in [1.165, 1.54) is 0 Å². The Bertz CT molecular complexity index is 519. The average Bonchev–Trinajstić information content (AvgIpc) is 2.59. The van der Waals surface area contributed by atoms with Gasteiger partial charge in [0.1, 0.15) is 6.04 Å². The number of carboxylic acid groups (broad SMARTS) is 1. The van der Waals surface area contributed by atoms with Crippen LogP contribution < -0.4 is 10.2 Å². The van der Waals surface area contributed by atoms with E-state index in [1.54, 1.807) is 16.7 Å². The Hall–Kier alpha value is -1.89. The van der Waals surface area contributed by atoms with Gasteiger partial charge in [-0.15, -0.1) is 0 Å². The number of rotatable bonds is 6. The van der Waals surface area contributed by atoms with Crippen LogP contribution in [0.2, 0.25) is 0 Å². The zero-order chi connectivity index (χ0) is 16.7. The summed E-state index contributed by atoms with van der Waals surface area (Å²) in [5, 5.41) is 11.8. The molecule has 0 aliphatic carbocycles. The van der Waals surface area contributed by atoms with E-state index in [4.69, 9.17) is 0 Å². The number of benzene rings is 1. The number of carboxylic acids is 1. The second-order valence-corrected chi connectivity index (χ2v) is 6.42. The van der Waals surface area contributed by atoms with E-state index >= 15 is 0 Å². The molecule has 0 saturated carbocycles. The summed E-state index contributed by atoms with van der Waals surface area (Å²) in [6, 6.07) is 8.98. The van der Waals surface area contributed by atoms with Gasteiger partial charge in [0.05, 0.1) is 0 Å². The number of para-hydroxylation sites is 1. The number of hydrogen-bond acceptors (Lipinski definition) is 4. The summed E-state index contributed by atoms with van der Waals surface area (Å²) >= 11 is 1.57. The fraction of sp³-hybridized carbons (Fsp3) is 0.500. The van der Waals surface area contributed by atoms with E-state index in [0.717, 1.165) is 18.8 Å². The van der Waals surface area contributed by atoms with Crippen LogP contribution >= 0.6 is 11.8 Å². The van der Waals surface area contributed by atoms with Crippen LogP contribution in [0.5, 0.6) is 0 Å². The van der Waals surface area contributed by atoms with E-state index in [2.05, 4.69) is 22.3 Å². The van der Waals surface area contributed by atoms with Crippen molar-refractivity contribution in [2.24, 2.45) is 0 Å². The van der Waals surface area contributed by atoms with Gasteiger partial charge in [-0.3, -0.25) is 0 Å². The summed E-state index contributed by atoms with van der Waals surface area (Å²) in [7, 11) is 0. The minimum absolute atomic E-state index is 0.286. The third kappa shape index (κ3) is 5.06. The number of aliphatic carboxylic acids is 1. The Balaban J connectivity index is 1.84. The summed E-state index contributed by atoms with van der Waals surface area (Å²) in [6.45, 7) is 2.69. The highest BCUT2D eigenvalue weighted by atomic mass is 32.2. The number of carbonyl (C=O) groups excluding carboxylic acids is 1. The van der Waals surface area contributed by atoms with E-state index in [-0.39, 0.29) is 6.03 Å². The summed E-state index contributed by atoms with van der Waals surface area (Å²) in [5.74, 6) is -0.269. The van der Waals surface area contributed by atoms with Gasteiger partial charge in [0.15, 0.2) is 0 Å². The Morgan fingerprint density at radius 1 is 1.22 bits per heavy atom. The molecule has 1 saturated heterocycles. The zero-order valence-corrected chi connectivity index (χ0v) is 14.1. The number of anilines is 1. The average molecular weight is 337 g/mol. The lowest BCUT2D eigenvalue weighted by Gasteiger charge is -2.36. The van der Waals surface area contributed by atoms with Gasteiger partial charge in [-0.05, 0) is 30.6 Å². The van der Waals surface area contributed by atoms with Crippen molar-refractivity contribution in [1.29, 1.82) is 0 Å². The van der Waals surface area contributed by atoms with Crippen molar-refractivity contribution in [1.82, 2.24) is 10.2 Å². The van der Waals surface area contributed by atoms with Crippen LogP contribution in [-0.2, 0) is 4.79 Å². The molecule has 1 unspecified atom stereocenters. The Morgan fingerprint density at radius 2 is 1.87 bits per heavy atom. The highest BCUT2D eigenvalue weighted by molar-refractivity contribution is 7.98. The van der Waals surface area contributed by atoms with Crippen LogP contribution in [-0.4, -0.2) is 66.2 Å². The first-order chi connectivity index (χ1) is 11.1. The molecule has 2 amide bonds. The van der Waals surface area contributed by atoms with Gasteiger partial charge in [0, 0.05) is 31.9 Å². The Morgan fingerprint density at radius 3 is 2.43 bits per heavy atom. The van der Waals surface area contributed by atoms with Gasteiger partial charge in [0.2, 0.25) is 0 Å². The quantitative estimate of drug-likeness (QED) is 0.827. The third-order valence-electron chi connectivity index (χ3n) is 3.89. The number of nitrogens with one attached hydrogen (secondary N) is 1. The highest BCUT2D eigenvalue weighted by Gasteiger charge is 2.25. The van der Waals surface area contributed by atoms with E-state index in [1.807, 2.05) is 24.5 Å². The molecule has 0 bridgehead atoms. The predicted octanol–water partition coefficient (Wildman–Crippen LogP) is 1.72. The number of urea groups is 1. The van der Waals surface area contributed by atoms with Crippen molar-refractivity contribution in [3.05, 3.63) is 30.3 Å². The van der Waals surface area contributed by atoms with Gasteiger partial charge < -0.3 is 20.2 Å². The van der Waals surface area contributed by atoms with Crippen LogP contribution in [0.15, 0.2) is 30.3 Å². The molecule has 1 atom stereocenters. The number of thioether (sulfide) groups is 1. The molecule has 23 heavy (non-hydrogen) atoms. The van der Waals surface area contributed by atoms with Crippen molar-refractivity contribution < 1.29 is 14.7 Å². The molecule has 1 aromatic carbocycles. The summed E-state index contributed by atoms with van der Waals surface area (Å²) in [6.07, 6.45) is 2.36. The monoisotopic (exact) mass is 337 g/mol. The molecule has 0 radical (unpaired) electrons. The Kier molecular flexibility index (Phi) is 6.58. The summed E-state index contributed by atoms with van der Waals surface area (Å²) in [4.78, 5) is 27.4. The maximum Gasteiger partial charge on any atom is 0.326 e. The normalized spacial score (nSPS) is 16.0. The van der Waals surface area contributed by atoms with Crippen LogP contribution in [0.4, 0.5) is 10.5 Å². The number of piperazine rings is 1. The molecule has 1 aliphatic heterocycles. The van der Waals surface area contributed by atoms with E-state index < -0.39 is 12.0 Å². The third-order valence-corrected chi connectivity index (χ3v) is 4.54. The maximum atomic E-state index is 12.2. The number of carbonyl (C=O) groups is 2. The smallest absolute Gasteiger partial charge is 0.326 e. The van der Waals surface area contributed by atoms with Crippen molar-refractivity contribution in [3.8, 4) is 0 Å². The predicted molar refractivity (Wildman–Crippen MR) is 93.2 cm³/mol. The molecule has 0 spiro atoms. The van der Waals surface area contributed by atoms with E-state index in [9.17, 15) is 14.7 Å². The topological polar surface area (TPSA) is 72.9 Å². The van der Waals surface area contributed by atoms with Gasteiger partial charge in [-0.2, -0.15) is 11.8 Å². The number of hydrogen-bond donors (Lipinski definition) is 2. The van der Waals surface area contributed by atoms with Crippen LogP contribution in [0.1, 0.15) is 6.42 Å². The fourth-order valence-electron chi connectivity index (χ4n) is 2.54.